The van der Waals surface area contributed by atoms with Gasteiger partial charge in [-0.25, -0.2) is 4.79 Å². The highest BCUT2D eigenvalue weighted by molar-refractivity contribution is 5.93. The predicted octanol–water partition coefficient (Wildman–Crippen LogP) is 1.60. The van der Waals surface area contributed by atoms with Gasteiger partial charge in [0.1, 0.15) is 6.04 Å². The molecule has 0 radical (unpaired) electrons. The molecule has 5 nitrogen and oxygen atoms in total. The molecule has 1 aromatic heterocycles. The maximum atomic E-state index is 11.6. The van der Waals surface area contributed by atoms with Crippen molar-refractivity contribution in [2.24, 2.45) is 5.73 Å². The van der Waals surface area contributed by atoms with Gasteiger partial charge in [0.2, 0.25) is 0 Å². The Kier molecular flexibility index (Phi) is 3.31. The van der Waals surface area contributed by atoms with Gasteiger partial charge >= 0.3 is 5.97 Å². The van der Waals surface area contributed by atoms with Gasteiger partial charge in [-0.3, -0.25) is 0 Å². The van der Waals surface area contributed by atoms with Crippen LogP contribution in [0.15, 0.2) is 24.4 Å². The molecule has 5 heteroatoms. The van der Waals surface area contributed by atoms with Gasteiger partial charge in [0, 0.05) is 22.7 Å². The summed E-state index contributed by atoms with van der Waals surface area (Å²) in [5, 5.41) is 9.76. The van der Waals surface area contributed by atoms with Gasteiger partial charge in [0.15, 0.2) is 0 Å². The average molecular weight is 243 g/mol. The fraction of sp³-hybridized carbons (Fsp3) is 0.231. The minimum Gasteiger partial charge on any atom is -0.465 e. The molecule has 0 spiro atoms. The molecule has 18 heavy (non-hydrogen) atoms. The highest BCUT2D eigenvalue weighted by Crippen LogP contribution is 2.26. The Labute approximate surface area is 104 Å². The predicted molar refractivity (Wildman–Crippen MR) is 66.6 cm³/mol. The molecule has 0 bridgehead atoms. The summed E-state index contributed by atoms with van der Waals surface area (Å²) in [5.41, 5.74) is 7.71. The molecule has 0 aliphatic carbocycles. The third-order valence-electron chi connectivity index (χ3n) is 2.73. The summed E-state index contributed by atoms with van der Waals surface area (Å²) in [6.07, 6.45) is 1.65. The molecule has 2 rings (SSSR count). The van der Waals surface area contributed by atoms with Gasteiger partial charge in [-0.05, 0) is 19.1 Å². The van der Waals surface area contributed by atoms with E-state index in [9.17, 15) is 4.79 Å². The van der Waals surface area contributed by atoms with E-state index < -0.39 is 12.0 Å². The summed E-state index contributed by atoms with van der Waals surface area (Å²) in [6, 6.07) is 6.51. The molecule has 1 aromatic carbocycles. The Morgan fingerprint density at radius 2 is 2.39 bits per heavy atom. The molecule has 0 fully saturated rings. The highest BCUT2D eigenvalue weighted by Gasteiger charge is 2.21. The second-order valence-electron chi connectivity index (χ2n) is 3.81. The second-order valence-corrected chi connectivity index (χ2v) is 3.81. The van der Waals surface area contributed by atoms with Gasteiger partial charge < -0.3 is 15.5 Å². The largest absolute Gasteiger partial charge is 0.465 e. The van der Waals surface area contributed by atoms with E-state index in [1.54, 1.807) is 25.3 Å². The van der Waals surface area contributed by atoms with Crippen LogP contribution >= 0.6 is 0 Å². The van der Waals surface area contributed by atoms with Gasteiger partial charge in [-0.15, -0.1) is 0 Å². The summed E-state index contributed by atoms with van der Waals surface area (Å²) in [6.45, 7) is 2.00. The third kappa shape index (κ3) is 1.94. The molecule has 1 unspecified atom stereocenters. The normalized spacial score (nSPS) is 12.1. The first-order valence-electron chi connectivity index (χ1n) is 5.61. The van der Waals surface area contributed by atoms with Crippen LogP contribution in [0, 0.1) is 11.3 Å². The van der Waals surface area contributed by atoms with E-state index >= 15 is 0 Å². The minimum atomic E-state index is -0.881. The lowest BCUT2D eigenvalue weighted by molar-refractivity contribution is -0.144. The van der Waals surface area contributed by atoms with Crippen LogP contribution in [0.3, 0.4) is 0 Å². The van der Waals surface area contributed by atoms with Gasteiger partial charge in [-0.1, -0.05) is 6.07 Å². The number of aromatic nitrogens is 1. The first-order chi connectivity index (χ1) is 8.69. The molecule has 0 saturated heterocycles. The molecule has 1 atom stereocenters. The summed E-state index contributed by atoms with van der Waals surface area (Å²) < 4.78 is 4.89. The first kappa shape index (κ1) is 12.1. The zero-order valence-corrected chi connectivity index (χ0v) is 9.93. The number of benzene rings is 1. The first-order valence-corrected chi connectivity index (χ1v) is 5.61. The maximum absolute atomic E-state index is 11.6. The van der Waals surface area contributed by atoms with E-state index in [4.69, 9.17) is 15.7 Å². The lowest BCUT2D eigenvalue weighted by Gasteiger charge is -2.09. The molecule has 3 N–H and O–H groups in total. The Balaban J connectivity index is 2.52. The number of H-pyrrole nitrogens is 1. The lowest BCUT2D eigenvalue weighted by atomic mass is 10.0. The van der Waals surface area contributed by atoms with Gasteiger partial charge in [0.05, 0.1) is 18.2 Å². The van der Waals surface area contributed by atoms with Crippen LogP contribution in [0.4, 0.5) is 0 Å². The standard InChI is InChI=1S/C13H13N3O2/c1-2-18-13(17)12(15)9-7-16-10-5-3-4-8(6-14)11(9)10/h3-5,7,12,16H,2,15H2,1H3. The van der Waals surface area contributed by atoms with Crippen LogP contribution in [-0.4, -0.2) is 17.6 Å². The number of ether oxygens (including phenoxy) is 1. The van der Waals surface area contributed by atoms with Crippen molar-refractivity contribution < 1.29 is 9.53 Å². The number of carbonyl (C=O) groups excluding carboxylic acids is 1. The number of rotatable bonds is 3. The number of fused-ring (bicyclic) bond motifs is 1. The third-order valence-corrected chi connectivity index (χ3v) is 2.73. The molecule has 1 heterocycles. The maximum Gasteiger partial charge on any atom is 0.327 e. The number of nitrogens with two attached hydrogens (primary N) is 1. The monoisotopic (exact) mass is 243 g/mol. The van der Waals surface area contributed by atoms with E-state index in [1.165, 1.54) is 0 Å². The van der Waals surface area contributed by atoms with Crippen LogP contribution in [-0.2, 0) is 9.53 Å². The van der Waals surface area contributed by atoms with Crippen LogP contribution in [0.1, 0.15) is 24.1 Å². The SMILES string of the molecule is CCOC(=O)C(N)c1c[nH]c2cccc(C#N)c12. The molecular formula is C13H13N3O2. The molecule has 2 aromatic rings. The van der Waals surface area contributed by atoms with Crippen LogP contribution in [0.5, 0.6) is 0 Å². The minimum absolute atomic E-state index is 0.278. The van der Waals surface area contributed by atoms with Crippen molar-refractivity contribution in [3.8, 4) is 6.07 Å². The van der Waals surface area contributed by atoms with Crippen molar-refractivity contribution in [2.75, 3.05) is 6.61 Å². The zero-order valence-electron chi connectivity index (χ0n) is 9.93. The van der Waals surface area contributed by atoms with E-state index in [2.05, 4.69) is 11.1 Å². The summed E-state index contributed by atoms with van der Waals surface area (Å²) in [4.78, 5) is 14.6. The fourth-order valence-corrected chi connectivity index (χ4v) is 1.91. The summed E-state index contributed by atoms with van der Waals surface area (Å²) in [7, 11) is 0. The Morgan fingerprint density at radius 1 is 1.61 bits per heavy atom. The molecule has 0 saturated carbocycles. The number of aromatic amines is 1. The van der Waals surface area contributed by atoms with E-state index in [0.717, 1.165) is 5.52 Å². The molecule has 92 valence electrons. The Hall–Kier alpha value is -2.32. The van der Waals surface area contributed by atoms with Crippen LogP contribution in [0.2, 0.25) is 0 Å². The lowest BCUT2D eigenvalue weighted by Crippen LogP contribution is -2.23. The topological polar surface area (TPSA) is 91.9 Å². The second kappa shape index (κ2) is 4.90. The van der Waals surface area contributed by atoms with E-state index in [-0.39, 0.29) is 6.61 Å². The van der Waals surface area contributed by atoms with Crippen molar-refractivity contribution in [3.05, 3.63) is 35.5 Å². The van der Waals surface area contributed by atoms with Crippen molar-refractivity contribution in [1.29, 1.82) is 5.26 Å². The van der Waals surface area contributed by atoms with Crippen LogP contribution < -0.4 is 5.73 Å². The summed E-state index contributed by atoms with van der Waals surface area (Å²) >= 11 is 0. The number of carbonyl (C=O) groups is 1. The number of hydrogen-bond acceptors (Lipinski definition) is 4. The molecule has 0 amide bonds. The number of nitrogens with zero attached hydrogens (tertiary/aromatic N) is 1. The molecule has 0 aliphatic rings. The zero-order chi connectivity index (χ0) is 13.1. The average Bonchev–Trinajstić information content (AvgIpc) is 2.81. The number of nitrogens with one attached hydrogen (secondary N) is 1. The number of nitriles is 1. The Morgan fingerprint density at radius 3 is 3.06 bits per heavy atom. The van der Waals surface area contributed by atoms with Crippen molar-refractivity contribution in [3.63, 3.8) is 0 Å². The number of esters is 1. The van der Waals surface area contributed by atoms with E-state index in [1.807, 2.05) is 6.07 Å². The van der Waals surface area contributed by atoms with E-state index in [0.29, 0.717) is 16.5 Å². The van der Waals surface area contributed by atoms with Crippen molar-refractivity contribution in [2.45, 2.75) is 13.0 Å². The summed E-state index contributed by atoms with van der Waals surface area (Å²) in [5.74, 6) is -0.494. The Bertz CT molecular complexity index is 625. The smallest absolute Gasteiger partial charge is 0.327 e. The van der Waals surface area contributed by atoms with Gasteiger partial charge in [-0.2, -0.15) is 5.26 Å². The van der Waals surface area contributed by atoms with Gasteiger partial charge in [0.25, 0.3) is 0 Å². The van der Waals surface area contributed by atoms with Crippen LogP contribution in [0.25, 0.3) is 10.9 Å². The quantitative estimate of drug-likeness (QED) is 0.801. The number of hydrogen-bond donors (Lipinski definition) is 2. The fourth-order valence-electron chi connectivity index (χ4n) is 1.91. The van der Waals surface area contributed by atoms with Crippen molar-refractivity contribution in [1.82, 2.24) is 4.98 Å². The molecular weight excluding hydrogens is 230 g/mol. The van der Waals surface area contributed by atoms with Crippen molar-refractivity contribution >= 4 is 16.9 Å². The molecule has 0 aliphatic heterocycles. The highest BCUT2D eigenvalue weighted by atomic mass is 16.5.